The molecule has 31 heavy (non-hydrogen) atoms. The van der Waals surface area contributed by atoms with Crippen molar-refractivity contribution >= 4 is 16.7 Å². The molecular weight excluding hydrogens is 412 g/mol. The van der Waals surface area contributed by atoms with Crippen molar-refractivity contribution < 1.29 is 32.4 Å². The van der Waals surface area contributed by atoms with E-state index < -0.39 is 6.10 Å². The molecule has 3 atom stereocenters. The van der Waals surface area contributed by atoms with Crippen molar-refractivity contribution in [3.63, 3.8) is 0 Å². The van der Waals surface area contributed by atoms with Crippen LogP contribution in [0.5, 0.6) is 5.75 Å². The topological polar surface area (TPSA) is 68.1 Å². The number of Topliss-reactive ketones (excluding diaryl/α,β-unsaturated/α-hetero) is 1. The number of aryl methyl sites for hydroxylation is 2. The molecule has 1 heterocycles. The van der Waals surface area contributed by atoms with Gasteiger partial charge in [0.1, 0.15) is 17.9 Å². The van der Waals surface area contributed by atoms with Crippen LogP contribution in [0.25, 0.3) is 10.9 Å². The molecule has 0 bridgehead atoms. The molecule has 5 nitrogen and oxygen atoms in total. The summed E-state index contributed by atoms with van der Waals surface area (Å²) in [7, 11) is 3.66. The Hall–Kier alpha value is -2.34. The number of aliphatic hydroxyl groups is 1. The van der Waals surface area contributed by atoms with E-state index in [0.717, 1.165) is 39.0 Å². The summed E-state index contributed by atoms with van der Waals surface area (Å²) >= 11 is 0. The van der Waals surface area contributed by atoms with Crippen LogP contribution >= 0.6 is 0 Å². The molecule has 0 fully saturated rings. The Labute approximate surface area is 190 Å². The van der Waals surface area contributed by atoms with Crippen molar-refractivity contribution in [3.05, 3.63) is 64.8 Å². The highest BCUT2D eigenvalue weighted by atomic mass is 35.5. The van der Waals surface area contributed by atoms with Gasteiger partial charge in [0.05, 0.1) is 25.1 Å². The molecule has 0 aliphatic heterocycles. The molecule has 0 spiro atoms. The highest BCUT2D eigenvalue weighted by Gasteiger charge is 2.26. The number of halogens is 1. The second-order valence-electron chi connectivity index (χ2n) is 8.26. The lowest BCUT2D eigenvalue weighted by Gasteiger charge is -2.20. The predicted molar refractivity (Wildman–Crippen MR) is 120 cm³/mol. The minimum Gasteiger partial charge on any atom is -1.00 e. The van der Waals surface area contributed by atoms with E-state index >= 15 is 0 Å². The Kier molecular flexibility index (Phi) is 8.29. The molecule has 0 aliphatic carbocycles. The summed E-state index contributed by atoms with van der Waals surface area (Å²) in [5.41, 5.74) is 4.83. The average Bonchev–Trinajstić information content (AvgIpc) is 3.00. The van der Waals surface area contributed by atoms with Gasteiger partial charge in [-0.25, -0.2) is 0 Å². The Bertz CT molecular complexity index is 1050. The molecule has 0 radical (unpaired) electrons. The van der Waals surface area contributed by atoms with Gasteiger partial charge in [-0.15, -0.1) is 0 Å². The van der Waals surface area contributed by atoms with Gasteiger partial charge in [0, 0.05) is 23.7 Å². The molecule has 0 saturated heterocycles. The normalized spacial score (nSPS) is 14.0. The largest absolute Gasteiger partial charge is 1.00 e. The number of ether oxygens (including phenoxy) is 1. The molecule has 3 unspecified atom stereocenters. The first kappa shape index (κ1) is 24.9. The Morgan fingerprint density at radius 1 is 1.13 bits per heavy atom. The maximum absolute atomic E-state index is 13.4. The summed E-state index contributed by atoms with van der Waals surface area (Å²) in [5.74, 6) is 0.722. The van der Waals surface area contributed by atoms with Gasteiger partial charge in [0.15, 0.2) is 5.78 Å². The van der Waals surface area contributed by atoms with Crippen LogP contribution in [0.4, 0.5) is 0 Å². The molecule has 0 saturated carbocycles. The number of hydrogen-bond donors (Lipinski definition) is 2. The summed E-state index contributed by atoms with van der Waals surface area (Å²) < 4.78 is 7.65. The van der Waals surface area contributed by atoms with Crippen LogP contribution in [0.2, 0.25) is 0 Å². The third kappa shape index (κ3) is 4.79. The third-order valence-corrected chi connectivity index (χ3v) is 6.33. The molecule has 6 heteroatoms. The SMILES string of the molecule is COc1ccc(C(=O)C(C)C[NH2+]C(C)C(O)c2ccccc2)c2c(C)c(C)n(C)c12.[Cl-]. The Balaban J connectivity index is 0.00000341. The van der Waals surface area contributed by atoms with Crippen molar-refractivity contribution in [1.82, 2.24) is 4.57 Å². The fraction of sp³-hybridized carbons (Fsp3) is 0.400. The van der Waals surface area contributed by atoms with Crippen LogP contribution in [-0.4, -0.2) is 35.2 Å². The zero-order chi connectivity index (χ0) is 22.0. The summed E-state index contributed by atoms with van der Waals surface area (Å²) in [6.07, 6.45) is -0.569. The number of quaternary nitrogens is 1. The molecule has 3 aromatic rings. The number of carbonyl (C=O) groups excluding carboxylic acids is 1. The van der Waals surface area contributed by atoms with E-state index in [1.54, 1.807) is 7.11 Å². The summed E-state index contributed by atoms with van der Waals surface area (Å²) in [5, 5.41) is 13.6. The first-order chi connectivity index (χ1) is 14.3. The van der Waals surface area contributed by atoms with Gasteiger partial charge in [-0.2, -0.15) is 0 Å². The monoisotopic (exact) mass is 444 g/mol. The minimum absolute atomic E-state index is 0. The van der Waals surface area contributed by atoms with Gasteiger partial charge < -0.3 is 32.1 Å². The summed E-state index contributed by atoms with van der Waals surface area (Å²) in [4.78, 5) is 13.4. The van der Waals surface area contributed by atoms with E-state index in [1.165, 1.54) is 0 Å². The zero-order valence-corrected chi connectivity index (χ0v) is 19.9. The van der Waals surface area contributed by atoms with Gasteiger partial charge in [0.2, 0.25) is 0 Å². The second-order valence-corrected chi connectivity index (χ2v) is 8.26. The highest BCUT2D eigenvalue weighted by molar-refractivity contribution is 6.11. The van der Waals surface area contributed by atoms with Gasteiger partial charge in [-0.05, 0) is 51.0 Å². The minimum atomic E-state index is -0.569. The van der Waals surface area contributed by atoms with Gasteiger partial charge in [0.25, 0.3) is 0 Å². The number of benzene rings is 2. The molecule has 0 amide bonds. The number of aliphatic hydroxyl groups excluding tert-OH is 1. The number of nitrogens with zero attached hydrogens (tertiary/aromatic N) is 1. The Morgan fingerprint density at radius 2 is 1.77 bits per heavy atom. The summed E-state index contributed by atoms with van der Waals surface area (Å²) in [6, 6.07) is 13.4. The quantitative estimate of drug-likeness (QED) is 0.491. The number of rotatable bonds is 8. The van der Waals surface area contributed by atoms with Crippen molar-refractivity contribution in [2.24, 2.45) is 13.0 Å². The fourth-order valence-electron chi connectivity index (χ4n) is 4.13. The predicted octanol–water partition coefficient (Wildman–Crippen LogP) is 0.312. The number of aromatic nitrogens is 1. The van der Waals surface area contributed by atoms with Crippen molar-refractivity contribution in [1.29, 1.82) is 0 Å². The van der Waals surface area contributed by atoms with Crippen LogP contribution in [0.15, 0.2) is 42.5 Å². The zero-order valence-electron chi connectivity index (χ0n) is 19.1. The van der Waals surface area contributed by atoms with E-state index in [9.17, 15) is 9.90 Å². The molecule has 3 N–H and O–H groups in total. The number of hydrogen-bond acceptors (Lipinski definition) is 3. The Morgan fingerprint density at radius 3 is 2.39 bits per heavy atom. The molecular formula is C25H33ClN2O3. The highest BCUT2D eigenvalue weighted by Crippen LogP contribution is 2.35. The molecule has 168 valence electrons. The smallest absolute Gasteiger partial charge is 0.171 e. The van der Waals surface area contributed by atoms with Crippen molar-refractivity contribution in [3.8, 4) is 5.75 Å². The lowest BCUT2D eigenvalue weighted by atomic mass is 9.94. The van der Waals surface area contributed by atoms with Gasteiger partial charge in [-0.3, -0.25) is 4.79 Å². The van der Waals surface area contributed by atoms with Crippen molar-refractivity contribution in [2.75, 3.05) is 13.7 Å². The van der Waals surface area contributed by atoms with Crippen LogP contribution < -0.4 is 22.5 Å². The van der Waals surface area contributed by atoms with E-state index in [-0.39, 0.29) is 30.2 Å². The average molecular weight is 445 g/mol. The fourth-order valence-corrected chi connectivity index (χ4v) is 4.13. The maximum Gasteiger partial charge on any atom is 0.171 e. The lowest BCUT2D eigenvalue weighted by molar-refractivity contribution is -0.697. The number of fused-ring (bicyclic) bond motifs is 1. The third-order valence-electron chi connectivity index (χ3n) is 6.33. The standard InChI is InChI=1S/C25H32N2O3.ClH/c1-15(14-26-17(3)25(29)19-10-8-7-9-11-19)24(28)20-12-13-21(30-6)23-22(20)16(2)18(4)27(23)5;/h7-13,15,17,25-26,29H,14H2,1-6H3;1H. The van der Waals surface area contributed by atoms with Gasteiger partial charge >= 0.3 is 0 Å². The number of nitrogens with two attached hydrogens (primary N) is 1. The van der Waals surface area contributed by atoms with Crippen LogP contribution in [-0.2, 0) is 7.05 Å². The first-order valence-corrected chi connectivity index (χ1v) is 10.5. The first-order valence-electron chi connectivity index (χ1n) is 10.5. The van der Waals surface area contributed by atoms with Crippen LogP contribution in [0.3, 0.4) is 0 Å². The van der Waals surface area contributed by atoms with Crippen LogP contribution in [0.1, 0.15) is 47.1 Å². The molecule has 3 rings (SSSR count). The number of ketones is 1. The maximum atomic E-state index is 13.4. The molecule has 2 aromatic carbocycles. The van der Waals surface area contributed by atoms with E-state index in [0.29, 0.717) is 6.54 Å². The molecule has 1 aromatic heterocycles. The molecule has 0 aliphatic rings. The van der Waals surface area contributed by atoms with E-state index in [4.69, 9.17) is 4.74 Å². The summed E-state index contributed by atoms with van der Waals surface area (Å²) in [6.45, 7) is 8.69. The lowest BCUT2D eigenvalue weighted by Crippen LogP contribution is -3.00. The second kappa shape index (κ2) is 10.3. The number of carbonyl (C=O) groups is 1. The van der Waals surface area contributed by atoms with Gasteiger partial charge in [-0.1, -0.05) is 30.3 Å². The van der Waals surface area contributed by atoms with E-state index in [2.05, 4.69) is 23.7 Å². The van der Waals surface area contributed by atoms with E-state index in [1.807, 2.05) is 63.4 Å². The van der Waals surface area contributed by atoms with Crippen LogP contribution in [0, 0.1) is 19.8 Å². The number of methoxy groups -OCH3 is 1. The van der Waals surface area contributed by atoms with Crippen molar-refractivity contribution in [2.45, 2.75) is 39.8 Å².